The molecule has 0 spiro atoms. The highest BCUT2D eigenvalue weighted by atomic mass is 32.1. The molecule has 3 aromatic rings. The maximum Gasteiger partial charge on any atom is 0.284 e. The lowest BCUT2D eigenvalue weighted by Gasteiger charge is -2.07. The molecule has 26 heavy (non-hydrogen) atoms. The number of rotatable bonds is 4. The van der Waals surface area contributed by atoms with Gasteiger partial charge in [-0.15, -0.1) is 11.3 Å². The van der Waals surface area contributed by atoms with Crippen LogP contribution in [0.15, 0.2) is 48.5 Å². The van der Waals surface area contributed by atoms with E-state index in [9.17, 15) is 9.59 Å². The van der Waals surface area contributed by atoms with Gasteiger partial charge in [0.1, 0.15) is 0 Å². The molecule has 132 valence electrons. The minimum absolute atomic E-state index is 0.242. The second-order valence-corrected chi connectivity index (χ2v) is 6.37. The van der Waals surface area contributed by atoms with E-state index < -0.39 is 5.91 Å². The molecule has 2 aromatic carbocycles. The molecule has 0 unspecified atom stereocenters. The topological polar surface area (TPSA) is 138 Å². The van der Waals surface area contributed by atoms with Gasteiger partial charge in [-0.25, -0.2) is 5.48 Å². The van der Waals surface area contributed by atoms with Crippen LogP contribution in [0, 0.1) is 5.41 Å². The fourth-order valence-electron chi connectivity index (χ4n) is 2.36. The van der Waals surface area contributed by atoms with Crippen LogP contribution in [-0.2, 0) is 4.84 Å². The summed E-state index contributed by atoms with van der Waals surface area (Å²) in [6.45, 7) is 0. The Morgan fingerprint density at radius 1 is 1.08 bits per heavy atom. The number of thiophene rings is 1. The van der Waals surface area contributed by atoms with E-state index in [2.05, 4.69) is 10.2 Å². The van der Waals surface area contributed by atoms with Crippen LogP contribution in [-0.4, -0.2) is 22.9 Å². The molecule has 9 heteroatoms. The number of nitrogens with one attached hydrogen (secondary N) is 3. The number of nitrogens with two attached hydrogens (primary N) is 1. The number of fused-ring (bicyclic) bond motifs is 1. The molecule has 0 saturated carbocycles. The van der Waals surface area contributed by atoms with Gasteiger partial charge < -0.3 is 10.2 Å². The van der Waals surface area contributed by atoms with Crippen LogP contribution >= 0.6 is 11.3 Å². The van der Waals surface area contributed by atoms with Crippen LogP contribution in [0.1, 0.15) is 25.6 Å². The van der Waals surface area contributed by atoms with Gasteiger partial charge in [0.25, 0.3) is 11.8 Å². The highest BCUT2D eigenvalue weighted by Crippen LogP contribution is 2.28. The molecule has 0 aliphatic carbocycles. The third kappa shape index (κ3) is 3.54. The van der Waals surface area contributed by atoms with Crippen molar-refractivity contribution in [2.75, 3.05) is 5.32 Å². The Balaban J connectivity index is 1.83. The highest BCUT2D eigenvalue weighted by Gasteiger charge is 2.12. The third-order valence-electron chi connectivity index (χ3n) is 3.60. The van der Waals surface area contributed by atoms with Gasteiger partial charge in [-0.1, -0.05) is 6.07 Å². The van der Waals surface area contributed by atoms with Crippen LogP contribution in [0.2, 0.25) is 0 Å². The summed E-state index contributed by atoms with van der Waals surface area (Å²) in [7, 11) is 0. The van der Waals surface area contributed by atoms with Gasteiger partial charge in [0, 0.05) is 21.5 Å². The largest absolute Gasteiger partial charge is 0.391 e. The Morgan fingerprint density at radius 2 is 1.85 bits per heavy atom. The number of hydroxylamine groups is 1. The maximum atomic E-state index is 12.4. The lowest BCUT2D eigenvalue weighted by molar-refractivity contribution is 0.0711. The summed E-state index contributed by atoms with van der Waals surface area (Å²) >= 11 is 1.23. The van der Waals surface area contributed by atoms with E-state index in [1.165, 1.54) is 17.4 Å². The Labute approximate surface area is 151 Å². The minimum atomic E-state index is -0.585. The van der Waals surface area contributed by atoms with E-state index in [4.69, 9.17) is 16.5 Å². The van der Waals surface area contributed by atoms with Crippen molar-refractivity contribution in [2.45, 2.75) is 0 Å². The maximum absolute atomic E-state index is 12.4. The van der Waals surface area contributed by atoms with Crippen LogP contribution in [0.5, 0.6) is 0 Å². The van der Waals surface area contributed by atoms with Crippen molar-refractivity contribution >= 4 is 44.8 Å². The summed E-state index contributed by atoms with van der Waals surface area (Å²) < 4.78 is 0.845. The van der Waals surface area contributed by atoms with Gasteiger partial charge in [0.15, 0.2) is 0 Å². The molecule has 0 atom stereocenters. The summed E-state index contributed by atoms with van der Waals surface area (Å²) in [6.07, 6.45) is 0. The molecule has 2 amide bonds. The van der Waals surface area contributed by atoms with Gasteiger partial charge in [0.05, 0.1) is 4.88 Å². The Kier molecular flexibility index (Phi) is 4.94. The zero-order valence-electron chi connectivity index (χ0n) is 13.3. The summed E-state index contributed by atoms with van der Waals surface area (Å²) in [4.78, 5) is 28.6. The molecule has 8 nitrogen and oxygen atoms in total. The van der Waals surface area contributed by atoms with Crippen LogP contribution in [0.4, 0.5) is 5.69 Å². The summed E-state index contributed by atoms with van der Waals surface area (Å²) in [6, 6.07) is 13.2. The van der Waals surface area contributed by atoms with Crippen molar-refractivity contribution in [2.24, 2.45) is 5.90 Å². The zero-order chi connectivity index (χ0) is 18.7. The second-order valence-electron chi connectivity index (χ2n) is 5.29. The van der Waals surface area contributed by atoms with E-state index in [0.29, 0.717) is 21.7 Å². The first kappa shape index (κ1) is 17.5. The Hall–Kier alpha value is -3.27. The first-order chi connectivity index (χ1) is 12.5. The van der Waals surface area contributed by atoms with E-state index in [-0.39, 0.29) is 11.8 Å². The fraction of sp³-hybridized carbons (Fsp3) is 0. The van der Waals surface area contributed by atoms with Crippen molar-refractivity contribution < 1.29 is 19.6 Å². The van der Waals surface area contributed by atoms with Gasteiger partial charge in [0.2, 0.25) is 5.90 Å². The number of carbonyl (C=O) groups is 2. The van der Waals surface area contributed by atoms with Crippen LogP contribution in [0.3, 0.4) is 0 Å². The number of anilines is 1. The van der Waals surface area contributed by atoms with E-state index in [1.54, 1.807) is 47.9 Å². The molecule has 0 radical (unpaired) electrons. The van der Waals surface area contributed by atoms with Crippen molar-refractivity contribution in [3.05, 3.63) is 64.5 Å². The predicted molar refractivity (Wildman–Crippen MR) is 97.6 cm³/mol. The zero-order valence-corrected chi connectivity index (χ0v) is 14.1. The lowest BCUT2D eigenvalue weighted by Crippen LogP contribution is -2.16. The standard InChI is InChI=1S/C17H14N4O4S/c18-15(25-19)9-2-1-3-10(6-9)16(22)20-12-4-5-13-11(7-12)8-14(26-13)17(23)21-24/h1-8,18,24H,19H2,(H,20,22)(H,21,23). The Morgan fingerprint density at radius 3 is 2.58 bits per heavy atom. The molecule has 0 aliphatic rings. The average molecular weight is 370 g/mol. The lowest BCUT2D eigenvalue weighted by atomic mass is 10.1. The third-order valence-corrected chi connectivity index (χ3v) is 4.72. The molecular weight excluding hydrogens is 356 g/mol. The van der Waals surface area contributed by atoms with E-state index in [0.717, 1.165) is 10.1 Å². The molecule has 1 aromatic heterocycles. The SMILES string of the molecule is N=C(ON)c1cccc(C(=O)Nc2ccc3sc(C(=O)NO)cc3c2)c1. The van der Waals surface area contributed by atoms with Crippen molar-refractivity contribution in [3.63, 3.8) is 0 Å². The highest BCUT2D eigenvalue weighted by molar-refractivity contribution is 7.20. The van der Waals surface area contributed by atoms with Gasteiger partial charge in [-0.05, 0) is 47.9 Å². The van der Waals surface area contributed by atoms with Gasteiger partial charge in [-0.3, -0.25) is 20.2 Å². The minimum Gasteiger partial charge on any atom is -0.391 e. The molecule has 0 aliphatic heterocycles. The van der Waals surface area contributed by atoms with Crippen molar-refractivity contribution in [1.82, 2.24) is 5.48 Å². The molecule has 3 rings (SSSR count). The average Bonchev–Trinajstić information content (AvgIpc) is 3.10. The number of hydrogen-bond acceptors (Lipinski definition) is 7. The summed E-state index contributed by atoms with van der Waals surface area (Å²) in [5.74, 6) is 3.78. The normalized spacial score (nSPS) is 10.4. The van der Waals surface area contributed by atoms with Gasteiger partial charge in [-0.2, -0.15) is 5.90 Å². The molecule has 0 bridgehead atoms. The summed E-state index contributed by atoms with van der Waals surface area (Å²) in [5, 5.41) is 19.8. The predicted octanol–water partition coefficient (Wildman–Crippen LogP) is 2.49. The Bertz CT molecular complexity index is 1010. The molecule has 6 N–H and O–H groups in total. The quantitative estimate of drug-likeness (QED) is 0.208. The van der Waals surface area contributed by atoms with Gasteiger partial charge >= 0.3 is 0 Å². The first-order valence-corrected chi connectivity index (χ1v) is 8.18. The molecule has 0 fully saturated rings. The van der Waals surface area contributed by atoms with E-state index in [1.807, 2.05) is 0 Å². The van der Waals surface area contributed by atoms with Crippen LogP contribution in [0.25, 0.3) is 10.1 Å². The van der Waals surface area contributed by atoms with E-state index >= 15 is 0 Å². The summed E-state index contributed by atoms with van der Waals surface area (Å²) in [5.41, 5.74) is 2.87. The second kappa shape index (κ2) is 7.31. The monoisotopic (exact) mass is 370 g/mol. The number of carbonyl (C=O) groups excluding carboxylic acids is 2. The number of benzene rings is 2. The van der Waals surface area contributed by atoms with Crippen LogP contribution < -0.4 is 16.7 Å². The molecule has 0 saturated heterocycles. The fourth-order valence-corrected chi connectivity index (χ4v) is 3.29. The number of amides is 2. The first-order valence-electron chi connectivity index (χ1n) is 7.37. The molecule has 1 heterocycles. The number of hydrogen-bond donors (Lipinski definition) is 5. The molecular formula is C17H14N4O4S. The van der Waals surface area contributed by atoms with Crippen molar-refractivity contribution in [1.29, 1.82) is 5.41 Å². The smallest absolute Gasteiger partial charge is 0.284 e. The van der Waals surface area contributed by atoms with Crippen molar-refractivity contribution in [3.8, 4) is 0 Å².